The molecule has 18 heavy (non-hydrogen) atoms. The summed E-state index contributed by atoms with van der Waals surface area (Å²) in [6.07, 6.45) is 7.17. The van der Waals surface area contributed by atoms with Crippen molar-refractivity contribution in [3.8, 4) is 0 Å². The fraction of sp³-hybridized carbons (Fsp3) is 0.500. The number of hydrogen-bond acceptors (Lipinski definition) is 3. The Morgan fingerprint density at radius 3 is 2.78 bits per heavy atom. The molecule has 4 nitrogen and oxygen atoms in total. The van der Waals surface area contributed by atoms with E-state index in [1.165, 1.54) is 0 Å². The summed E-state index contributed by atoms with van der Waals surface area (Å²) in [4.78, 5) is 15.9. The van der Waals surface area contributed by atoms with Crippen molar-refractivity contribution in [1.29, 1.82) is 0 Å². The lowest BCUT2D eigenvalue weighted by molar-refractivity contribution is -0.120. The van der Waals surface area contributed by atoms with Gasteiger partial charge in [0.2, 0.25) is 5.91 Å². The van der Waals surface area contributed by atoms with Gasteiger partial charge < -0.3 is 11.1 Å². The number of carbonyl (C=O) groups excluding carboxylic acids is 1. The third kappa shape index (κ3) is 4.80. The standard InChI is InChI=1S/C12H17N3O.2ClH/c13-10-4-1-3-9(7-10)12(16)15-11-5-2-6-14-8-11;;/h2,5-6,8-10H,1,3-4,7,13H2,(H,15,16);2*1H. The van der Waals surface area contributed by atoms with Gasteiger partial charge in [-0.2, -0.15) is 0 Å². The summed E-state index contributed by atoms with van der Waals surface area (Å²) < 4.78 is 0. The summed E-state index contributed by atoms with van der Waals surface area (Å²) in [6, 6.07) is 3.83. The Morgan fingerprint density at radius 2 is 2.17 bits per heavy atom. The third-order valence-electron chi connectivity index (χ3n) is 3.01. The fourth-order valence-corrected chi connectivity index (χ4v) is 2.15. The number of halogens is 2. The van der Waals surface area contributed by atoms with Gasteiger partial charge in [0.25, 0.3) is 0 Å². The summed E-state index contributed by atoms with van der Waals surface area (Å²) >= 11 is 0. The van der Waals surface area contributed by atoms with E-state index >= 15 is 0 Å². The first kappa shape index (κ1) is 17.2. The third-order valence-corrected chi connectivity index (χ3v) is 3.01. The maximum atomic E-state index is 11.9. The number of nitrogens with two attached hydrogens (primary N) is 1. The number of nitrogens with zero attached hydrogens (tertiary/aromatic N) is 1. The van der Waals surface area contributed by atoms with E-state index in [-0.39, 0.29) is 42.7 Å². The molecule has 0 bridgehead atoms. The van der Waals surface area contributed by atoms with Crippen molar-refractivity contribution in [2.75, 3.05) is 5.32 Å². The average Bonchev–Trinajstić information content (AvgIpc) is 2.30. The smallest absolute Gasteiger partial charge is 0.227 e. The van der Waals surface area contributed by atoms with Crippen LogP contribution in [0.25, 0.3) is 0 Å². The minimum Gasteiger partial charge on any atom is -0.328 e. The van der Waals surface area contributed by atoms with Gasteiger partial charge in [0.05, 0.1) is 11.9 Å². The molecular weight excluding hydrogens is 273 g/mol. The van der Waals surface area contributed by atoms with Crippen molar-refractivity contribution in [3.63, 3.8) is 0 Å². The van der Waals surface area contributed by atoms with Gasteiger partial charge >= 0.3 is 0 Å². The highest BCUT2D eigenvalue weighted by molar-refractivity contribution is 5.92. The molecule has 3 N–H and O–H groups in total. The second-order valence-corrected chi connectivity index (χ2v) is 4.35. The van der Waals surface area contributed by atoms with E-state index in [1.807, 2.05) is 12.1 Å². The quantitative estimate of drug-likeness (QED) is 0.879. The summed E-state index contributed by atoms with van der Waals surface area (Å²) in [5.74, 6) is 0.132. The maximum Gasteiger partial charge on any atom is 0.227 e. The lowest BCUT2D eigenvalue weighted by Crippen LogP contribution is -2.34. The first-order valence-electron chi connectivity index (χ1n) is 5.72. The summed E-state index contributed by atoms with van der Waals surface area (Å²) in [6.45, 7) is 0. The second-order valence-electron chi connectivity index (χ2n) is 4.35. The first-order chi connectivity index (χ1) is 7.75. The van der Waals surface area contributed by atoms with Crippen LogP contribution in [0.2, 0.25) is 0 Å². The fourth-order valence-electron chi connectivity index (χ4n) is 2.15. The van der Waals surface area contributed by atoms with E-state index in [1.54, 1.807) is 12.4 Å². The van der Waals surface area contributed by atoms with Gasteiger partial charge in [-0.05, 0) is 31.4 Å². The van der Waals surface area contributed by atoms with Crippen molar-refractivity contribution in [2.45, 2.75) is 31.7 Å². The van der Waals surface area contributed by atoms with Gasteiger partial charge in [0, 0.05) is 18.2 Å². The number of hydrogen-bond donors (Lipinski definition) is 2. The molecule has 1 aliphatic carbocycles. The molecule has 1 aromatic heterocycles. The van der Waals surface area contributed by atoms with Crippen LogP contribution in [0.5, 0.6) is 0 Å². The number of pyridine rings is 1. The predicted octanol–water partition coefficient (Wildman–Crippen LogP) is 2.38. The van der Waals surface area contributed by atoms with Crippen LogP contribution in [0.15, 0.2) is 24.5 Å². The molecule has 0 aliphatic heterocycles. The molecule has 1 fully saturated rings. The van der Waals surface area contributed by atoms with Gasteiger partial charge in [0.15, 0.2) is 0 Å². The van der Waals surface area contributed by atoms with Gasteiger partial charge in [-0.3, -0.25) is 9.78 Å². The molecule has 0 spiro atoms. The van der Waals surface area contributed by atoms with Gasteiger partial charge in [-0.25, -0.2) is 0 Å². The zero-order valence-corrected chi connectivity index (χ0v) is 11.7. The Hall–Kier alpha value is -0.840. The first-order valence-corrected chi connectivity index (χ1v) is 5.72. The highest BCUT2D eigenvalue weighted by Crippen LogP contribution is 2.24. The Bertz CT molecular complexity index is 362. The normalized spacial score (nSPS) is 22.3. The van der Waals surface area contributed by atoms with Gasteiger partial charge in [0.1, 0.15) is 0 Å². The van der Waals surface area contributed by atoms with E-state index in [0.717, 1.165) is 31.4 Å². The molecule has 1 amide bonds. The molecule has 6 heteroatoms. The molecule has 2 atom stereocenters. The predicted molar refractivity (Wildman–Crippen MR) is 77.3 cm³/mol. The highest BCUT2D eigenvalue weighted by Gasteiger charge is 2.25. The largest absolute Gasteiger partial charge is 0.328 e. The van der Waals surface area contributed by atoms with Gasteiger partial charge in [-0.15, -0.1) is 24.8 Å². The van der Waals surface area contributed by atoms with Crippen LogP contribution >= 0.6 is 24.8 Å². The van der Waals surface area contributed by atoms with Crippen molar-refractivity contribution in [2.24, 2.45) is 11.7 Å². The number of carbonyl (C=O) groups is 1. The van der Waals surface area contributed by atoms with Crippen molar-refractivity contribution < 1.29 is 4.79 Å². The monoisotopic (exact) mass is 291 g/mol. The number of anilines is 1. The van der Waals surface area contributed by atoms with Crippen LogP contribution in [0.3, 0.4) is 0 Å². The van der Waals surface area contributed by atoms with E-state index in [0.29, 0.717) is 0 Å². The average molecular weight is 292 g/mol. The molecule has 1 aliphatic rings. The molecule has 1 aromatic rings. The van der Waals surface area contributed by atoms with Crippen LogP contribution in [-0.4, -0.2) is 16.9 Å². The Morgan fingerprint density at radius 1 is 1.39 bits per heavy atom. The van der Waals surface area contributed by atoms with Crippen LogP contribution in [0, 0.1) is 5.92 Å². The number of aromatic nitrogens is 1. The minimum atomic E-state index is 0. The molecule has 0 saturated heterocycles. The summed E-state index contributed by atoms with van der Waals surface area (Å²) in [7, 11) is 0. The molecule has 2 rings (SSSR count). The SMILES string of the molecule is Cl.Cl.NC1CCCC(C(=O)Nc2cccnc2)C1. The van der Waals surface area contributed by atoms with E-state index in [4.69, 9.17) is 5.73 Å². The summed E-state index contributed by atoms with van der Waals surface area (Å²) in [5.41, 5.74) is 6.62. The van der Waals surface area contributed by atoms with E-state index in [2.05, 4.69) is 10.3 Å². The minimum absolute atomic E-state index is 0. The lowest BCUT2D eigenvalue weighted by Gasteiger charge is -2.25. The van der Waals surface area contributed by atoms with Crippen LogP contribution in [0.4, 0.5) is 5.69 Å². The summed E-state index contributed by atoms with van der Waals surface area (Å²) in [5, 5.41) is 2.88. The second kappa shape index (κ2) is 8.29. The zero-order chi connectivity index (χ0) is 11.4. The van der Waals surface area contributed by atoms with Crippen LogP contribution < -0.4 is 11.1 Å². The van der Waals surface area contributed by atoms with Crippen molar-refractivity contribution in [1.82, 2.24) is 4.98 Å². The molecule has 0 aromatic carbocycles. The van der Waals surface area contributed by atoms with E-state index in [9.17, 15) is 4.79 Å². The maximum absolute atomic E-state index is 11.9. The Labute approximate surface area is 120 Å². The molecule has 1 saturated carbocycles. The number of rotatable bonds is 2. The highest BCUT2D eigenvalue weighted by atomic mass is 35.5. The number of nitrogens with one attached hydrogen (secondary N) is 1. The van der Waals surface area contributed by atoms with Crippen molar-refractivity contribution >= 4 is 36.4 Å². The Balaban J connectivity index is 0.00000144. The van der Waals surface area contributed by atoms with E-state index < -0.39 is 0 Å². The Kier molecular flexibility index (Phi) is 7.91. The molecule has 0 radical (unpaired) electrons. The molecular formula is C12H19Cl2N3O. The molecule has 2 unspecified atom stereocenters. The van der Waals surface area contributed by atoms with Crippen molar-refractivity contribution in [3.05, 3.63) is 24.5 Å². The molecule has 102 valence electrons. The lowest BCUT2D eigenvalue weighted by atomic mass is 9.85. The van der Waals surface area contributed by atoms with Gasteiger partial charge in [-0.1, -0.05) is 6.42 Å². The molecule has 1 heterocycles. The zero-order valence-electron chi connectivity index (χ0n) is 10.0. The van der Waals surface area contributed by atoms with Crippen LogP contribution in [0.1, 0.15) is 25.7 Å². The topological polar surface area (TPSA) is 68.0 Å². The number of amides is 1. The van der Waals surface area contributed by atoms with Crippen LogP contribution in [-0.2, 0) is 4.79 Å².